The molecule has 1 N–H and O–H groups in total. The van der Waals surface area contributed by atoms with Crippen LogP contribution in [0.5, 0.6) is 0 Å². The first-order valence-electron chi connectivity index (χ1n) is 5.34. The summed E-state index contributed by atoms with van der Waals surface area (Å²) in [4.78, 5) is 12.5. The summed E-state index contributed by atoms with van der Waals surface area (Å²) in [6.45, 7) is 1.84. The molecule has 0 amide bonds. The van der Waals surface area contributed by atoms with E-state index in [0.717, 1.165) is 5.56 Å². The van der Waals surface area contributed by atoms with E-state index in [1.165, 1.54) is 23.9 Å². The molecule has 2 aromatic carbocycles. The second-order valence-corrected chi connectivity index (χ2v) is 4.90. The highest BCUT2D eigenvalue weighted by Gasteiger charge is 2.13. The van der Waals surface area contributed by atoms with Crippen molar-refractivity contribution in [2.75, 3.05) is 0 Å². The summed E-state index contributed by atoms with van der Waals surface area (Å²) >= 11 is 1.26. The highest BCUT2D eigenvalue weighted by molar-refractivity contribution is 7.99. The average Bonchev–Trinajstić information content (AvgIpc) is 2.31. The summed E-state index contributed by atoms with van der Waals surface area (Å²) in [5.74, 6) is -1.30. The fourth-order valence-corrected chi connectivity index (χ4v) is 2.65. The minimum absolute atomic E-state index is 0.240. The van der Waals surface area contributed by atoms with Crippen molar-refractivity contribution in [3.05, 3.63) is 59.4 Å². The Morgan fingerprint density at radius 3 is 2.61 bits per heavy atom. The van der Waals surface area contributed by atoms with Gasteiger partial charge >= 0.3 is 5.97 Å². The van der Waals surface area contributed by atoms with Gasteiger partial charge in [0.2, 0.25) is 0 Å². The predicted octanol–water partition coefficient (Wildman–Crippen LogP) is 3.98. The smallest absolute Gasteiger partial charge is 0.336 e. The van der Waals surface area contributed by atoms with E-state index in [2.05, 4.69) is 0 Å². The van der Waals surface area contributed by atoms with Crippen LogP contribution in [0.1, 0.15) is 15.9 Å². The molecule has 0 bridgehead atoms. The molecular weight excluding hydrogens is 251 g/mol. The van der Waals surface area contributed by atoms with Gasteiger partial charge in [-0.3, -0.25) is 0 Å². The third-order valence-electron chi connectivity index (χ3n) is 2.46. The molecule has 2 rings (SSSR count). The number of benzene rings is 2. The number of aryl methyl sites for hydroxylation is 1. The quantitative estimate of drug-likeness (QED) is 0.909. The first-order valence-corrected chi connectivity index (χ1v) is 6.16. The molecule has 0 aliphatic carbocycles. The standard InChI is InChI=1S/C14H11FO2S/c1-9-4-2-7-12(14(16)17)13(9)18-11-6-3-5-10(15)8-11/h2-8H,1H3,(H,16,17). The molecule has 0 unspecified atom stereocenters. The summed E-state index contributed by atoms with van der Waals surface area (Å²) in [7, 11) is 0. The van der Waals surface area contributed by atoms with E-state index >= 15 is 0 Å². The summed E-state index contributed by atoms with van der Waals surface area (Å²) in [5.41, 5.74) is 1.11. The van der Waals surface area contributed by atoms with E-state index in [1.807, 2.05) is 13.0 Å². The van der Waals surface area contributed by atoms with Crippen molar-refractivity contribution in [2.24, 2.45) is 0 Å². The normalized spacial score (nSPS) is 10.3. The molecule has 2 aromatic rings. The van der Waals surface area contributed by atoms with Gasteiger partial charge < -0.3 is 5.11 Å². The summed E-state index contributed by atoms with van der Waals surface area (Å²) in [6, 6.07) is 11.2. The number of halogens is 1. The third-order valence-corrected chi connectivity index (χ3v) is 3.69. The average molecular weight is 262 g/mol. The maximum atomic E-state index is 13.1. The largest absolute Gasteiger partial charge is 0.478 e. The molecule has 18 heavy (non-hydrogen) atoms. The number of aromatic carboxylic acids is 1. The molecule has 0 aromatic heterocycles. The van der Waals surface area contributed by atoms with Gasteiger partial charge in [0.15, 0.2) is 0 Å². The zero-order chi connectivity index (χ0) is 13.1. The lowest BCUT2D eigenvalue weighted by Crippen LogP contribution is -2.00. The SMILES string of the molecule is Cc1cccc(C(=O)O)c1Sc1cccc(F)c1. The van der Waals surface area contributed by atoms with Crippen LogP contribution in [-0.4, -0.2) is 11.1 Å². The van der Waals surface area contributed by atoms with Gasteiger partial charge in [-0.25, -0.2) is 9.18 Å². The molecule has 0 heterocycles. The van der Waals surface area contributed by atoms with E-state index < -0.39 is 5.97 Å². The van der Waals surface area contributed by atoms with Crippen LogP contribution in [0.15, 0.2) is 52.3 Å². The molecule has 2 nitrogen and oxygen atoms in total. The van der Waals surface area contributed by atoms with Gasteiger partial charge in [-0.1, -0.05) is 30.0 Å². The van der Waals surface area contributed by atoms with Gasteiger partial charge in [0.05, 0.1) is 5.56 Å². The highest BCUT2D eigenvalue weighted by atomic mass is 32.2. The zero-order valence-corrected chi connectivity index (χ0v) is 10.5. The van der Waals surface area contributed by atoms with Crippen molar-refractivity contribution in [1.29, 1.82) is 0 Å². The molecule has 0 atom stereocenters. The lowest BCUT2D eigenvalue weighted by atomic mass is 10.1. The topological polar surface area (TPSA) is 37.3 Å². The number of hydrogen-bond acceptors (Lipinski definition) is 2. The van der Waals surface area contributed by atoms with Crippen LogP contribution in [0.2, 0.25) is 0 Å². The Labute approximate surface area is 108 Å². The molecule has 92 valence electrons. The van der Waals surface area contributed by atoms with E-state index in [-0.39, 0.29) is 11.4 Å². The minimum Gasteiger partial charge on any atom is -0.478 e. The van der Waals surface area contributed by atoms with Gasteiger partial charge in [0, 0.05) is 9.79 Å². The molecule has 4 heteroatoms. The van der Waals surface area contributed by atoms with Crippen LogP contribution in [0.3, 0.4) is 0 Å². The first-order chi connectivity index (χ1) is 8.58. The van der Waals surface area contributed by atoms with Crippen LogP contribution >= 0.6 is 11.8 Å². The first kappa shape index (κ1) is 12.6. The zero-order valence-electron chi connectivity index (χ0n) is 9.68. The van der Waals surface area contributed by atoms with Gasteiger partial charge in [0.25, 0.3) is 0 Å². The number of carboxylic acids is 1. The Morgan fingerprint density at radius 1 is 1.22 bits per heavy atom. The van der Waals surface area contributed by atoms with Crippen LogP contribution < -0.4 is 0 Å². The molecule has 0 saturated heterocycles. The predicted molar refractivity (Wildman–Crippen MR) is 68.7 cm³/mol. The van der Waals surface area contributed by atoms with Gasteiger partial charge in [0.1, 0.15) is 5.82 Å². The second-order valence-electron chi connectivity index (χ2n) is 3.82. The number of carbonyl (C=O) groups is 1. The Bertz CT molecular complexity index is 596. The molecule has 0 saturated carbocycles. The Hall–Kier alpha value is -1.81. The van der Waals surface area contributed by atoms with Gasteiger partial charge in [-0.15, -0.1) is 0 Å². The van der Waals surface area contributed by atoms with Gasteiger partial charge in [-0.05, 0) is 36.8 Å². The second kappa shape index (κ2) is 5.23. The van der Waals surface area contributed by atoms with Crippen LogP contribution in [0, 0.1) is 12.7 Å². The molecule has 0 fully saturated rings. The van der Waals surface area contributed by atoms with Crippen molar-refractivity contribution in [1.82, 2.24) is 0 Å². The Balaban J connectivity index is 2.42. The van der Waals surface area contributed by atoms with Gasteiger partial charge in [-0.2, -0.15) is 0 Å². The van der Waals surface area contributed by atoms with Crippen LogP contribution in [0.25, 0.3) is 0 Å². The molecule has 0 aliphatic heterocycles. The lowest BCUT2D eigenvalue weighted by Gasteiger charge is -2.09. The lowest BCUT2D eigenvalue weighted by molar-refractivity contribution is 0.0693. The molecular formula is C14H11FO2S. The van der Waals surface area contributed by atoms with E-state index in [4.69, 9.17) is 5.11 Å². The minimum atomic E-state index is -0.974. The van der Waals surface area contributed by atoms with Crippen LogP contribution in [0.4, 0.5) is 4.39 Å². The summed E-state index contributed by atoms with van der Waals surface area (Å²) < 4.78 is 13.1. The van der Waals surface area contributed by atoms with Crippen molar-refractivity contribution < 1.29 is 14.3 Å². The fourth-order valence-electron chi connectivity index (χ4n) is 1.60. The highest BCUT2D eigenvalue weighted by Crippen LogP contribution is 2.33. The molecule has 0 aliphatic rings. The summed E-state index contributed by atoms with van der Waals surface area (Å²) in [5, 5.41) is 9.14. The van der Waals surface area contributed by atoms with E-state index in [1.54, 1.807) is 24.3 Å². The fraction of sp³-hybridized carbons (Fsp3) is 0.0714. The van der Waals surface area contributed by atoms with Crippen molar-refractivity contribution >= 4 is 17.7 Å². The maximum absolute atomic E-state index is 13.1. The number of carboxylic acid groups (broad SMARTS) is 1. The van der Waals surface area contributed by atoms with E-state index in [0.29, 0.717) is 9.79 Å². The van der Waals surface area contributed by atoms with Crippen molar-refractivity contribution in [3.63, 3.8) is 0 Å². The Kier molecular flexibility index (Phi) is 3.67. The van der Waals surface area contributed by atoms with E-state index in [9.17, 15) is 9.18 Å². The molecule has 0 spiro atoms. The number of hydrogen-bond donors (Lipinski definition) is 1. The monoisotopic (exact) mass is 262 g/mol. The van der Waals surface area contributed by atoms with Crippen molar-refractivity contribution in [2.45, 2.75) is 16.7 Å². The Morgan fingerprint density at radius 2 is 1.94 bits per heavy atom. The van der Waals surface area contributed by atoms with Crippen LogP contribution in [-0.2, 0) is 0 Å². The number of rotatable bonds is 3. The van der Waals surface area contributed by atoms with Crippen molar-refractivity contribution in [3.8, 4) is 0 Å². The summed E-state index contributed by atoms with van der Waals surface area (Å²) in [6.07, 6.45) is 0. The maximum Gasteiger partial charge on any atom is 0.336 e. The third kappa shape index (κ3) is 2.71. The molecule has 0 radical (unpaired) electrons.